The summed E-state index contributed by atoms with van der Waals surface area (Å²) in [6, 6.07) is 11.9. The summed E-state index contributed by atoms with van der Waals surface area (Å²) in [6.07, 6.45) is 1.29. The number of oxazole rings is 1. The molecule has 0 bridgehead atoms. The van der Waals surface area contributed by atoms with Gasteiger partial charge in [-0.25, -0.2) is 9.97 Å². The number of carbonyl (C=O) groups excluding carboxylic acids is 1. The first-order valence-corrected chi connectivity index (χ1v) is 9.08. The summed E-state index contributed by atoms with van der Waals surface area (Å²) in [4.78, 5) is 26.0. The first-order valence-electron chi connectivity index (χ1n) is 9.08. The van der Waals surface area contributed by atoms with Crippen LogP contribution in [-0.4, -0.2) is 72.0 Å². The summed E-state index contributed by atoms with van der Waals surface area (Å²) in [5.74, 6) is 0.155. The normalized spacial score (nSPS) is 18.7. The lowest BCUT2D eigenvalue weighted by molar-refractivity contribution is 0.0877. The highest BCUT2D eigenvalue weighted by atomic mass is 16.3. The molecule has 1 fully saturated rings. The molecule has 1 unspecified atom stereocenters. The first-order chi connectivity index (χ1) is 13.1. The first kappa shape index (κ1) is 17.6. The van der Waals surface area contributed by atoms with E-state index in [0.29, 0.717) is 18.0 Å². The second kappa shape index (κ2) is 7.46. The molecule has 1 aliphatic heterocycles. The summed E-state index contributed by atoms with van der Waals surface area (Å²) in [6.45, 7) is 3.53. The third-order valence-electron chi connectivity index (χ3n) is 5.09. The number of para-hydroxylation sites is 1. The molecule has 1 amide bonds. The maximum atomic E-state index is 12.7. The molecular formula is C20H23N5O2. The zero-order valence-corrected chi connectivity index (χ0v) is 15.6. The van der Waals surface area contributed by atoms with Crippen LogP contribution in [-0.2, 0) is 0 Å². The zero-order chi connectivity index (χ0) is 18.8. The Morgan fingerprint density at radius 2 is 2.07 bits per heavy atom. The molecule has 1 saturated heterocycles. The van der Waals surface area contributed by atoms with Gasteiger partial charge in [0.25, 0.3) is 5.91 Å². The standard InChI is InChI=1S/C20H23N5O2/c1-24-9-10-25(2)15(12-24)11-21-20(26)18-19(27-13-22-18)17-8-7-14-5-3-4-6-16(14)23-17/h3-8,13,15H,9-12H2,1-2H3,(H,21,26). The van der Waals surface area contributed by atoms with Crippen molar-refractivity contribution in [2.24, 2.45) is 0 Å². The summed E-state index contributed by atoms with van der Waals surface area (Å²) in [7, 11) is 4.19. The highest BCUT2D eigenvalue weighted by Crippen LogP contribution is 2.24. The number of likely N-dealkylation sites (N-methyl/N-ethyl adjacent to an activating group) is 2. The quantitative estimate of drug-likeness (QED) is 0.761. The molecule has 4 rings (SSSR count). The van der Waals surface area contributed by atoms with Crippen LogP contribution in [0.2, 0.25) is 0 Å². The van der Waals surface area contributed by atoms with E-state index in [4.69, 9.17) is 4.42 Å². The van der Waals surface area contributed by atoms with Crippen LogP contribution in [0, 0.1) is 0 Å². The minimum Gasteiger partial charge on any atom is -0.441 e. The monoisotopic (exact) mass is 365 g/mol. The average molecular weight is 365 g/mol. The molecule has 2 aromatic heterocycles. The second-order valence-corrected chi connectivity index (χ2v) is 7.03. The van der Waals surface area contributed by atoms with E-state index in [-0.39, 0.29) is 17.6 Å². The number of nitrogens with one attached hydrogen (secondary N) is 1. The molecule has 140 valence electrons. The molecule has 3 aromatic rings. The van der Waals surface area contributed by atoms with Crippen LogP contribution in [0.3, 0.4) is 0 Å². The molecule has 1 aromatic carbocycles. The Bertz CT molecular complexity index is 954. The number of hydrogen-bond acceptors (Lipinski definition) is 6. The van der Waals surface area contributed by atoms with Crippen LogP contribution in [0.5, 0.6) is 0 Å². The number of amides is 1. The van der Waals surface area contributed by atoms with E-state index in [1.165, 1.54) is 6.39 Å². The van der Waals surface area contributed by atoms with Crippen LogP contribution in [0.1, 0.15) is 10.5 Å². The van der Waals surface area contributed by atoms with E-state index < -0.39 is 0 Å². The third-order valence-corrected chi connectivity index (χ3v) is 5.09. The summed E-state index contributed by atoms with van der Waals surface area (Å²) in [5.41, 5.74) is 1.72. The topological polar surface area (TPSA) is 74.5 Å². The van der Waals surface area contributed by atoms with Crippen LogP contribution in [0.4, 0.5) is 0 Å². The van der Waals surface area contributed by atoms with Gasteiger partial charge in [0.1, 0.15) is 5.69 Å². The molecule has 0 aliphatic carbocycles. The van der Waals surface area contributed by atoms with Gasteiger partial charge in [0.15, 0.2) is 17.8 Å². The van der Waals surface area contributed by atoms with E-state index in [1.54, 1.807) is 0 Å². The lowest BCUT2D eigenvalue weighted by Gasteiger charge is -2.37. The number of rotatable bonds is 4. The SMILES string of the molecule is CN1CCN(C)C(CNC(=O)c2ncoc2-c2ccc3ccccc3n2)C1. The number of benzene rings is 1. The predicted molar refractivity (Wildman–Crippen MR) is 103 cm³/mol. The number of pyridine rings is 1. The average Bonchev–Trinajstić information content (AvgIpc) is 3.18. The van der Waals surface area contributed by atoms with Gasteiger partial charge in [-0.2, -0.15) is 0 Å². The molecule has 1 N–H and O–H groups in total. The molecule has 0 radical (unpaired) electrons. The molecule has 0 saturated carbocycles. The van der Waals surface area contributed by atoms with Gasteiger partial charge in [-0.15, -0.1) is 0 Å². The van der Waals surface area contributed by atoms with Gasteiger partial charge >= 0.3 is 0 Å². The molecular weight excluding hydrogens is 342 g/mol. The van der Waals surface area contributed by atoms with Crippen molar-refractivity contribution < 1.29 is 9.21 Å². The van der Waals surface area contributed by atoms with Gasteiger partial charge in [0, 0.05) is 37.6 Å². The van der Waals surface area contributed by atoms with Crippen molar-refractivity contribution in [3.05, 3.63) is 48.5 Å². The van der Waals surface area contributed by atoms with Gasteiger partial charge in [0.05, 0.1) is 5.52 Å². The van der Waals surface area contributed by atoms with E-state index in [9.17, 15) is 4.79 Å². The molecule has 0 spiro atoms. The van der Waals surface area contributed by atoms with Crippen molar-refractivity contribution >= 4 is 16.8 Å². The van der Waals surface area contributed by atoms with Gasteiger partial charge in [-0.3, -0.25) is 9.69 Å². The Morgan fingerprint density at radius 3 is 2.96 bits per heavy atom. The van der Waals surface area contributed by atoms with E-state index in [2.05, 4.69) is 39.2 Å². The number of aromatic nitrogens is 2. The van der Waals surface area contributed by atoms with Crippen molar-refractivity contribution in [1.29, 1.82) is 0 Å². The molecule has 7 nitrogen and oxygen atoms in total. The highest BCUT2D eigenvalue weighted by Gasteiger charge is 2.24. The Hall–Kier alpha value is -2.77. The van der Waals surface area contributed by atoms with Crippen molar-refractivity contribution in [2.45, 2.75) is 6.04 Å². The number of fused-ring (bicyclic) bond motifs is 1. The minimum atomic E-state index is -0.240. The van der Waals surface area contributed by atoms with Crippen LogP contribution in [0.25, 0.3) is 22.4 Å². The fraction of sp³-hybridized carbons (Fsp3) is 0.350. The zero-order valence-electron chi connectivity index (χ0n) is 15.6. The van der Waals surface area contributed by atoms with Crippen LogP contribution in [0.15, 0.2) is 47.2 Å². The molecule has 7 heteroatoms. The summed E-state index contributed by atoms with van der Waals surface area (Å²) in [5, 5.41) is 4.03. The highest BCUT2D eigenvalue weighted by molar-refractivity contribution is 5.97. The van der Waals surface area contributed by atoms with Crippen molar-refractivity contribution in [3.8, 4) is 11.5 Å². The van der Waals surface area contributed by atoms with Crippen molar-refractivity contribution in [3.63, 3.8) is 0 Å². The van der Waals surface area contributed by atoms with E-state index in [1.807, 2.05) is 36.4 Å². The molecule has 3 heterocycles. The fourth-order valence-electron chi connectivity index (χ4n) is 3.40. The second-order valence-electron chi connectivity index (χ2n) is 7.03. The van der Waals surface area contributed by atoms with E-state index >= 15 is 0 Å². The van der Waals surface area contributed by atoms with Crippen molar-refractivity contribution in [2.75, 3.05) is 40.3 Å². The lowest BCUT2D eigenvalue weighted by atomic mass is 10.1. The Balaban J connectivity index is 1.51. The Labute approximate surface area is 158 Å². The number of piperazine rings is 1. The molecule has 1 aliphatic rings. The summed E-state index contributed by atoms with van der Waals surface area (Å²) < 4.78 is 5.50. The summed E-state index contributed by atoms with van der Waals surface area (Å²) >= 11 is 0. The van der Waals surface area contributed by atoms with Gasteiger partial charge in [0.2, 0.25) is 0 Å². The maximum Gasteiger partial charge on any atom is 0.274 e. The number of carbonyl (C=O) groups is 1. The van der Waals surface area contributed by atoms with Crippen LogP contribution >= 0.6 is 0 Å². The Morgan fingerprint density at radius 1 is 1.22 bits per heavy atom. The molecule has 1 atom stereocenters. The third kappa shape index (κ3) is 3.70. The number of hydrogen-bond donors (Lipinski definition) is 1. The van der Waals surface area contributed by atoms with Gasteiger partial charge in [-0.1, -0.05) is 24.3 Å². The fourth-order valence-corrected chi connectivity index (χ4v) is 3.40. The lowest BCUT2D eigenvalue weighted by Crippen LogP contribution is -2.54. The number of nitrogens with zero attached hydrogens (tertiary/aromatic N) is 4. The van der Waals surface area contributed by atoms with Crippen molar-refractivity contribution in [1.82, 2.24) is 25.1 Å². The van der Waals surface area contributed by atoms with E-state index in [0.717, 1.165) is 30.5 Å². The maximum absolute atomic E-state index is 12.7. The smallest absolute Gasteiger partial charge is 0.274 e. The minimum absolute atomic E-state index is 0.240. The van der Waals surface area contributed by atoms with Gasteiger partial charge < -0.3 is 14.6 Å². The Kier molecular flexibility index (Phi) is 4.87. The molecule has 27 heavy (non-hydrogen) atoms. The van der Waals surface area contributed by atoms with Gasteiger partial charge in [-0.05, 0) is 26.2 Å². The largest absolute Gasteiger partial charge is 0.441 e. The predicted octanol–water partition coefficient (Wildman–Crippen LogP) is 1.87. The van der Waals surface area contributed by atoms with Crippen LogP contribution < -0.4 is 5.32 Å².